The lowest BCUT2D eigenvalue weighted by Gasteiger charge is -2.29. The predicted molar refractivity (Wildman–Crippen MR) is 71.4 cm³/mol. The molecule has 0 saturated heterocycles. The summed E-state index contributed by atoms with van der Waals surface area (Å²) in [6.07, 6.45) is 1.80. The summed E-state index contributed by atoms with van der Waals surface area (Å²) in [5, 5.41) is 12.5. The zero-order valence-electron chi connectivity index (χ0n) is 9.96. The molecule has 0 amide bonds. The lowest BCUT2D eigenvalue weighted by atomic mass is 9.94. The molecule has 2 nitrogen and oxygen atoms in total. The Hall–Kier alpha value is -0.380. The van der Waals surface area contributed by atoms with Crippen LogP contribution in [-0.2, 0) is 6.54 Å². The smallest absolute Gasteiger partial charge is 0.0448 e. The molecular weight excluding hydrogens is 266 g/mol. The Labute approximate surface area is 106 Å². The molecule has 0 heterocycles. The average molecular weight is 286 g/mol. The van der Waals surface area contributed by atoms with Crippen molar-refractivity contribution in [2.45, 2.75) is 38.8 Å². The lowest BCUT2D eigenvalue weighted by molar-refractivity contribution is 0.214. The summed E-state index contributed by atoms with van der Waals surface area (Å²) in [7, 11) is 0. The SMILES string of the molecule is CCC(C)(CCO)NCc1cccc(Br)c1. The van der Waals surface area contributed by atoms with E-state index in [1.165, 1.54) is 5.56 Å². The summed E-state index contributed by atoms with van der Waals surface area (Å²) in [6.45, 7) is 5.37. The Bertz CT molecular complexity index is 329. The minimum absolute atomic E-state index is 0.0249. The summed E-state index contributed by atoms with van der Waals surface area (Å²) < 4.78 is 1.10. The molecule has 0 fully saturated rings. The van der Waals surface area contributed by atoms with Crippen LogP contribution in [0, 0.1) is 0 Å². The molecule has 0 aliphatic heterocycles. The number of nitrogens with one attached hydrogen (secondary N) is 1. The summed E-state index contributed by atoms with van der Waals surface area (Å²) in [6, 6.07) is 8.28. The van der Waals surface area contributed by atoms with Gasteiger partial charge in [0.05, 0.1) is 0 Å². The van der Waals surface area contributed by atoms with Gasteiger partial charge in [-0.1, -0.05) is 35.0 Å². The third-order valence-electron chi connectivity index (χ3n) is 3.05. The van der Waals surface area contributed by atoms with Crippen molar-refractivity contribution in [3.63, 3.8) is 0 Å². The van der Waals surface area contributed by atoms with Gasteiger partial charge in [0.1, 0.15) is 0 Å². The standard InChI is InChI=1S/C13H20BrNO/c1-3-13(2,7-8-16)15-10-11-5-4-6-12(14)9-11/h4-6,9,15-16H,3,7-8,10H2,1-2H3. The third-order valence-corrected chi connectivity index (χ3v) is 3.55. The molecule has 0 aliphatic rings. The molecule has 0 bridgehead atoms. The normalized spacial score (nSPS) is 14.8. The molecule has 1 aromatic rings. The van der Waals surface area contributed by atoms with E-state index in [9.17, 15) is 0 Å². The van der Waals surface area contributed by atoms with Gasteiger partial charge in [-0.05, 0) is 37.5 Å². The Kier molecular flexibility index (Phi) is 5.46. The van der Waals surface area contributed by atoms with Crippen LogP contribution in [0.5, 0.6) is 0 Å². The zero-order chi connectivity index (χ0) is 12.0. The maximum absolute atomic E-state index is 9.03. The summed E-state index contributed by atoms with van der Waals surface area (Å²) >= 11 is 3.46. The lowest BCUT2D eigenvalue weighted by Crippen LogP contribution is -2.42. The highest BCUT2D eigenvalue weighted by molar-refractivity contribution is 9.10. The topological polar surface area (TPSA) is 32.3 Å². The van der Waals surface area contributed by atoms with Gasteiger partial charge in [0.25, 0.3) is 0 Å². The maximum atomic E-state index is 9.03. The molecule has 1 atom stereocenters. The van der Waals surface area contributed by atoms with Crippen molar-refractivity contribution < 1.29 is 5.11 Å². The molecule has 2 N–H and O–H groups in total. The monoisotopic (exact) mass is 285 g/mol. The van der Waals surface area contributed by atoms with Crippen LogP contribution in [0.2, 0.25) is 0 Å². The molecule has 90 valence electrons. The quantitative estimate of drug-likeness (QED) is 0.842. The van der Waals surface area contributed by atoms with E-state index in [1.54, 1.807) is 0 Å². The van der Waals surface area contributed by atoms with Gasteiger partial charge in [-0.25, -0.2) is 0 Å². The average Bonchev–Trinajstić information content (AvgIpc) is 2.27. The van der Waals surface area contributed by atoms with Crippen molar-refractivity contribution in [3.8, 4) is 0 Å². The Morgan fingerprint density at radius 3 is 2.75 bits per heavy atom. The second kappa shape index (κ2) is 6.38. The zero-order valence-corrected chi connectivity index (χ0v) is 11.5. The summed E-state index contributed by atoms with van der Waals surface area (Å²) in [5.41, 5.74) is 1.28. The van der Waals surface area contributed by atoms with Crippen molar-refractivity contribution in [2.75, 3.05) is 6.61 Å². The van der Waals surface area contributed by atoms with Gasteiger partial charge in [0, 0.05) is 23.2 Å². The molecule has 0 radical (unpaired) electrons. The van der Waals surface area contributed by atoms with E-state index in [1.807, 2.05) is 12.1 Å². The highest BCUT2D eigenvalue weighted by atomic mass is 79.9. The molecule has 0 saturated carbocycles. The van der Waals surface area contributed by atoms with E-state index < -0.39 is 0 Å². The second-order valence-electron chi connectivity index (χ2n) is 4.37. The molecule has 3 heteroatoms. The van der Waals surface area contributed by atoms with Crippen molar-refractivity contribution in [3.05, 3.63) is 34.3 Å². The number of hydrogen-bond acceptors (Lipinski definition) is 2. The molecule has 0 spiro atoms. The second-order valence-corrected chi connectivity index (χ2v) is 5.29. The van der Waals surface area contributed by atoms with Crippen molar-refractivity contribution >= 4 is 15.9 Å². The highest BCUT2D eigenvalue weighted by Crippen LogP contribution is 2.16. The van der Waals surface area contributed by atoms with Crippen LogP contribution in [0.4, 0.5) is 0 Å². The summed E-state index contributed by atoms with van der Waals surface area (Å²) in [5.74, 6) is 0. The van der Waals surface area contributed by atoms with E-state index in [0.29, 0.717) is 0 Å². The van der Waals surface area contributed by atoms with Crippen LogP contribution in [0.15, 0.2) is 28.7 Å². The van der Waals surface area contributed by atoms with Crippen LogP contribution in [0.1, 0.15) is 32.3 Å². The fourth-order valence-electron chi connectivity index (χ4n) is 1.60. The van der Waals surface area contributed by atoms with Gasteiger partial charge in [-0.2, -0.15) is 0 Å². The molecule has 1 rings (SSSR count). The largest absolute Gasteiger partial charge is 0.396 e. The highest BCUT2D eigenvalue weighted by Gasteiger charge is 2.19. The van der Waals surface area contributed by atoms with Crippen LogP contribution in [0.3, 0.4) is 0 Å². The van der Waals surface area contributed by atoms with Crippen molar-refractivity contribution in [2.24, 2.45) is 0 Å². The molecular formula is C13H20BrNO. The van der Waals surface area contributed by atoms with Gasteiger partial charge in [0.15, 0.2) is 0 Å². The Balaban J connectivity index is 2.55. The van der Waals surface area contributed by atoms with E-state index in [-0.39, 0.29) is 12.1 Å². The first-order chi connectivity index (χ1) is 7.59. The maximum Gasteiger partial charge on any atom is 0.0448 e. The molecule has 0 aromatic heterocycles. The molecule has 16 heavy (non-hydrogen) atoms. The van der Waals surface area contributed by atoms with Crippen LogP contribution < -0.4 is 5.32 Å². The molecule has 1 aromatic carbocycles. The number of benzene rings is 1. The first-order valence-corrected chi connectivity index (χ1v) is 6.49. The van der Waals surface area contributed by atoms with Crippen LogP contribution in [0.25, 0.3) is 0 Å². The Morgan fingerprint density at radius 1 is 1.44 bits per heavy atom. The minimum atomic E-state index is 0.0249. The number of aliphatic hydroxyl groups excluding tert-OH is 1. The first-order valence-electron chi connectivity index (χ1n) is 5.70. The molecule has 1 unspecified atom stereocenters. The van der Waals surface area contributed by atoms with E-state index >= 15 is 0 Å². The van der Waals surface area contributed by atoms with Gasteiger partial charge in [0.2, 0.25) is 0 Å². The minimum Gasteiger partial charge on any atom is -0.396 e. The molecule has 0 aliphatic carbocycles. The van der Waals surface area contributed by atoms with Gasteiger partial charge in [-0.15, -0.1) is 0 Å². The van der Waals surface area contributed by atoms with Gasteiger partial charge in [-0.3, -0.25) is 0 Å². The number of rotatable bonds is 6. The fraction of sp³-hybridized carbons (Fsp3) is 0.538. The van der Waals surface area contributed by atoms with Crippen LogP contribution in [-0.4, -0.2) is 17.3 Å². The Morgan fingerprint density at radius 2 is 2.19 bits per heavy atom. The van der Waals surface area contributed by atoms with E-state index in [2.05, 4.69) is 47.2 Å². The first kappa shape index (κ1) is 13.7. The summed E-state index contributed by atoms with van der Waals surface area (Å²) in [4.78, 5) is 0. The van der Waals surface area contributed by atoms with Crippen LogP contribution >= 0.6 is 15.9 Å². The number of aliphatic hydroxyl groups is 1. The van der Waals surface area contributed by atoms with Gasteiger partial charge >= 0.3 is 0 Å². The fourth-order valence-corrected chi connectivity index (χ4v) is 2.05. The number of hydrogen-bond donors (Lipinski definition) is 2. The van der Waals surface area contributed by atoms with E-state index in [4.69, 9.17) is 5.11 Å². The van der Waals surface area contributed by atoms with Crippen molar-refractivity contribution in [1.29, 1.82) is 0 Å². The third kappa shape index (κ3) is 4.24. The van der Waals surface area contributed by atoms with E-state index in [0.717, 1.165) is 23.9 Å². The number of halogens is 1. The van der Waals surface area contributed by atoms with Gasteiger partial charge < -0.3 is 10.4 Å². The predicted octanol–water partition coefficient (Wildman–Crippen LogP) is 3.09. The van der Waals surface area contributed by atoms with Crippen molar-refractivity contribution in [1.82, 2.24) is 5.32 Å².